The first-order valence-corrected chi connectivity index (χ1v) is 9.64. The minimum absolute atomic E-state index is 0.0353. The summed E-state index contributed by atoms with van der Waals surface area (Å²) in [6.07, 6.45) is 4.17. The number of urea groups is 1. The summed E-state index contributed by atoms with van der Waals surface area (Å²) in [6, 6.07) is 7.72. The number of rotatable bonds is 6. The van der Waals surface area contributed by atoms with Gasteiger partial charge in [-0.2, -0.15) is 0 Å². The summed E-state index contributed by atoms with van der Waals surface area (Å²) in [5.41, 5.74) is 2.06. The lowest BCUT2D eigenvalue weighted by Crippen LogP contribution is -2.43. The third kappa shape index (κ3) is 5.45. The van der Waals surface area contributed by atoms with Crippen molar-refractivity contribution in [3.8, 4) is 0 Å². The Labute approximate surface area is 159 Å². The Hall–Kier alpha value is -2.57. The Kier molecular flexibility index (Phi) is 6.32. The second-order valence-electron chi connectivity index (χ2n) is 7.45. The number of likely N-dealkylation sites (tertiary alicyclic amines) is 1. The van der Waals surface area contributed by atoms with Gasteiger partial charge >= 0.3 is 12.0 Å². The molecule has 146 valence electrons. The maximum atomic E-state index is 12.1. The van der Waals surface area contributed by atoms with Crippen molar-refractivity contribution in [3.63, 3.8) is 0 Å². The predicted molar refractivity (Wildman–Crippen MR) is 99.8 cm³/mol. The van der Waals surface area contributed by atoms with Gasteiger partial charge in [0.15, 0.2) is 0 Å². The van der Waals surface area contributed by atoms with E-state index in [9.17, 15) is 14.4 Å². The molecule has 1 aliphatic heterocycles. The molecule has 3 amide bonds. The van der Waals surface area contributed by atoms with Crippen molar-refractivity contribution < 1.29 is 19.5 Å². The Morgan fingerprint density at radius 3 is 2.56 bits per heavy atom. The fourth-order valence-electron chi connectivity index (χ4n) is 3.83. The number of hydrogen-bond acceptors (Lipinski definition) is 3. The number of amides is 3. The highest BCUT2D eigenvalue weighted by Crippen LogP contribution is 2.24. The normalized spacial score (nSPS) is 22.5. The van der Waals surface area contributed by atoms with Crippen molar-refractivity contribution in [2.24, 2.45) is 5.92 Å². The number of nitrogens with zero attached hydrogens (tertiary/aromatic N) is 1. The number of carbonyl (C=O) groups is 3. The van der Waals surface area contributed by atoms with Gasteiger partial charge in [-0.1, -0.05) is 24.3 Å². The van der Waals surface area contributed by atoms with Gasteiger partial charge in [-0.15, -0.1) is 0 Å². The van der Waals surface area contributed by atoms with Crippen LogP contribution >= 0.6 is 0 Å². The molecule has 2 fully saturated rings. The zero-order chi connectivity index (χ0) is 19.2. The predicted octanol–water partition coefficient (Wildman–Crippen LogP) is 2.25. The first-order valence-electron chi connectivity index (χ1n) is 9.64. The Morgan fingerprint density at radius 2 is 1.89 bits per heavy atom. The molecular formula is C20H27N3O4. The van der Waals surface area contributed by atoms with Crippen LogP contribution in [0.3, 0.4) is 0 Å². The number of carboxylic acid groups (broad SMARTS) is 1. The molecular weight excluding hydrogens is 346 g/mol. The van der Waals surface area contributed by atoms with E-state index in [1.165, 1.54) is 0 Å². The third-order valence-corrected chi connectivity index (χ3v) is 5.40. The highest BCUT2D eigenvalue weighted by molar-refractivity contribution is 5.78. The van der Waals surface area contributed by atoms with E-state index in [1.54, 1.807) is 0 Å². The molecule has 3 rings (SSSR count). The maximum Gasteiger partial charge on any atom is 0.315 e. The van der Waals surface area contributed by atoms with Crippen LogP contribution in [0.15, 0.2) is 24.3 Å². The first-order chi connectivity index (χ1) is 13.0. The molecule has 3 N–H and O–H groups in total. The standard InChI is InChI=1S/C20H27N3O4/c24-18-5-2-10-23(18)13-15-4-1-3-14(11-15)12-21-20(27)22-17-8-6-16(7-9-17)19(25)26/h1,3-4,11,16-17H,2,5-10,12-13H2,(H,25,26)(H2,21,22,27). The highest BCUT2D eigenvalue weighted by Gasteiger charge is 2.26. The van der Waals surface area contributed by atoms with E-state index in [0.717, 1.165) is 24.1 Å². The van der Waals surface area contributed by atoms with Gasteiger partial charge in [0.1, 0.15) is 0 Å². The van der Waals surface area contributed by atoms with Crippen LogP contribution in [-0.2, 0) is 22.7 Å². The van der Waals surface area contributed by atoms with E-state index < -0.39 is 5.97 Å². The molecule has 1 heterocycles. The molecule has 1 saturated heterocycles. The second-order valence-corrected chi connectivity index (χ2v) is 7.45. The maximum absolute atomic E-state index is 12.1. The minimum atomic E-state index is -0.742. The van der Waals surface area contributed by atoms with E-state index in [4.69, 9.17) is 5.11 Å². The monoisotopic (exact) mass is 373 g/mol. The van der Waals surface area contributed by atoms with E-state index in [1.807, 2.05) is 29.2 Å². The molecule has 1 aromatic carbocycles. The zero-order valence-electron chi connectivity index (χ0n) is 15.4. The second kappa shape index (κ2) is 8.88. The van der Waals surface area contributed by atoms with Gasteiger partial charge in [0.25, 0.3) is 0 Å². The highest BCUT2D eigenvalue weighted by atomic mass is 16.4. The van der Waals surface area contributed by atoms with Gasteiger partial charge in [0, 0.05) is 32.1 Å². The van der Waals surface area contributed by atoms with Gasteiger partial charge in [-0.25, -0.2) is 4.79 Å². The lowest BCUT2D eigenvalue weighted by atomic mass is 9.86. The molecule has 0 spiro atoms. The molecule has 1 aromatic rings. The zero-order valence-corrected chi connectivity index (χ0v) is 15.4. The van der Waals surface area contributed by atoms with E-state index in [0.29, 0.717) is 45.2 Å². The summed E-state index contributed by atoms with van der Waals surface area (Å²) in [4.78, 5) is 36.7. The van der Waals surface area contributed by atoms with Crippen LogP contribution in [0.1, 0.15) is 49.7 Å². The van der Waals surface area contributed by atoms with Crippen LogP contribution in [-0.4, -0.2) is 40.5 Å². The van der Waals surface area contributed by atoms with Gasteiger partial charge < -0.3 is 20.6 Å². The molecule has 7 nitrogen and oxygen atoms in total. The third-order valence-electron chi connectivity index (χ3n) is 5.40. The topological polar surface area (TPSA) is 98.7 Å². The fraction of sp³-hybridized carbons (Fsp3) is 0.550. The molecule has 0 radical (unpaired) electrons. The van der Waals surface area contributed by atoms with Crippen LogP contribution in [0, 0.1) is 5.92 Å². The largest absolute Gasteiger partial charge is 0.481 e. The van der Waals surface area contributed by atoms with Crippen molar-refractivity contribution in [1.29, 1.82) is 0 Å². The number of aliphatic carboxylic acids is 1. The summed E-state index contributed by atoms with van der Waals surface area (Å²) in [7, 11) is 0. The van der Waals surface area contributed by atoms with Gasteiger partial charge in [-0.3, -0.25) is 9.59 Å². The summed E-state index contributed by atoms with van der Waals surface area (Å²) < 4.78 is 0. The van der Waals surface area contributed by atoms with Crippen molar-refractivity contribution >= 4 is 17.9 Å². The molecule has 27 heavy (non-hydrogen) atoms. The molecule has 0 bridgehead atoms. The average molecular weight is 373 g/mol. The minimum Gasteiger partial charge on any atom is -0.481 e. The quantitative estimate of drug-likeness (QED) is 0.712. The van der Waals surface area contributed by atoms with E-state index in [-0.39, 0.29) is 23.9 Å². The van der Waals surface area contributed by atoms with Gasteiger partial charge in [-0.05, 0) is 43.2 Å². The van der Waals surface area contributed by atoms with Gasteiger partial charge in [0.2, 0.25) is 5.91 Å². The first kappa shape index (κ1) is 19.2. The molecule has 0 atom stereocenters. The SMILES string of the molecule is O=C(NCc1cccc(CN2CCCC2=O)c1)NC1CCC(C(=O)O)CC1. The molecule has 2 aliphatic rings. The molecule has 7 heteroatoms. The Bertz CT molecular complexity index is 698. The van der Waals surface area contributed by atoms with Crippen molar-refractivity contribution in [2.75, 3.05) is 6.54 Å². The summed E-state index contributed by atoms with van der Waals surface area (Å²) in [5, 5.41) is 14.8. The van der Waals surface area contributed by atoms with Crippen LogP contribution in [0.4, 0.5) is 4.79 Å². The lowest BCUT2D eigenvalue weighted by Gasteiger charge is -2.26. The number of hydrogen-bond donors (Lipinski definition) is 3. The lowest BCUT2D eigenvalue weighted by molar-refractivity contribution is -0.142. The van der Waals surface area contributed by atoms with Crippen molar-refractivity contribution in [3.05, 3.63) is 35.4 Å². The van der Waals surface area contributed by atoms with Crippen LogP contribution in [0.25, 0.3) is 0 Å². The van der Waals surface area contributed by atoms with E-state index >= 15 is 0 Å². The summed E-state index contributed by atoms with van der Waals surface area (Å²) >= 11 is 0. The smallest absolute Gasteiger partial charge is 0.315 e. The molecule has 1 aliphatic carbocycles. The van der Waals surface area contributed by atoms with Crippen LogP contribution < -0.4 is 10.6 Å². The number of nitrogens with one attached hydrogen (secondary N) is 2. The van der Waals surface area contributed by atoms with Gasteiger partial charge in [0.05, 0.1) is 5.92 Å². The van der Waals surface area contributed by atoms with E-state index in [2.05, 4.69) is 10.6 Å². The summed E-state index contributed by atoms with van der Waals surface area (Å²) in [6.45, 7) is 1.84. The molecule has 0 aromatic heterocycles. The number of carboxylic acids is 1. The van der Waals surface area contributed by atoms with Crippen molar-refractivity contribution in [1.82, 2.24) is 15.5 Å². The molecule has 1 saturated carbocycles. The fourth-order valence-corrected chi connectivity index (χ4v) is 3.83. The number of benzene rings is 1. The van der Waals surface area contributed by atoms with Crippen molar-refractivity contribution in [2.45, 2.75) is 57.7 Å². The van der Waals surface area contributed by atoms with Crippen LogP contribution in [0.5, 0.6) is 0 Å². The average Bonchev–Trinajstić information content (AvgIpc) is 3.05. The number of carbonyl (C=O) groups excluding carboxylic acids is 2. The Balaban J connectivity index is 1.43. The Morgan fingerprint density at radius 1 is 1.15 bits per heavy atom. The molecule has 0 unspecified atom stereocenters. The summed E-state index contributed by atoms with van der Waals surface area (Å²) in [5.74, 6) is -0.819. The van der Waals surface area contributed by atoms with Crippen LogP contribution in [0.2, 0.25) is 0 Å².